The summed E-state index contributed by atoms with van der Waals surface area (Å²) >= 11 is 0. The van der Waals surface area contributed by atoms with Crippen molar-refractivity contribution >= 4 is 5.91 Å². The number of amides is 1. The largest absolute Gasteiger partial charge is 0.335 e. The van der Waals surface area contributed by atoms with Gasteiger partial charge in [-0.3, -0.25) is 4.79 Å². The minimum Gasteiger partial charge on any atom is -0.335 e. The van der Waals surface area contributed by atoms with Gasteiger partial charge >= 0.3 is 0 Å². The number of hydrogen-bond donors (Lipinski definition) is 0. The summed E-state index contributed by atoms with van der Waals surface area (Å²) in [5, 5.41) is 0. The topological polar surface area (TPSA) is 20.3 Å². The van der Waals surface area contributed by atoms with Gasteiger partial charge < -0.3 is 4.90 Å². The third kappa shape index (κ3) is 2.33. The summed E-state index contributed by atoms with van der Waals surface area (Å²) in [7, 11) is 0. The van der Waals surface area contributed by atoms with E-state index in [0.29, 0.717) is 12.3 Å². The van der Waals surface area contributed by atoms with E-state index in [9.17, 15) is 4.79 Å². The molecular weight excluding hydrogens is 222 g/mol. The van der Waals surface area contributed by atoms with Gasteiger partial charge in [0.2, 0.25) is 5.91 Å². The fourth-order valence-electron chi connectivity index (χ4n) is 2.50. The minimum atomic E-state index is 0.154. The molecule has 2 nitrogen and oxygen atoms in total. The van der Waals surface area contributed by atoms with Crippen molar-refractivity contribution in [1.82, 2.24) is 4.90 Å². The molecule has 1 aliphatic heterocycles. The molecule has 0 aliphatic carbocycles. The van der Waals surface area contributed by atoms with Gasteiger partial charge in [-0.2, -0.15) is 0 Å². The van der Waals surface area contributed by atoms with E-state index in [1.807, 2.05) is 11.0 Å². The summed E-state index contributed by atoms with van der Waals surface area (Å²) in [6.45, 7) is 10.9. The van der Waals surface area contributed by atoms with E-state index < -0.39 is 0 Å². The average Bonchev–Trinajstić information content (AvgIpc) is 2.73. The van der Waals surface area contributed by atoms with Crippen LogP contribution in [0, 0.1) is 19.8 Å². The summed E-state index contributed by atoms with van der Waals surface area (Å²) in [5.74, 6) is 0.553. The molecule has 0 bridgehead atoms. The van der Waals surface area contributed by atoms with Crippen LogP contribution >= 0.6 is 0 Å². The zero-order chi connectivity index (χ0) is 13.3. The number of carbonyl (C=O) groups is 1. The highest BCUT2D eigenvalue weighted by molar-refractivity contribution is 5.79. The van der Waals surface area contributed by atoms with Crippen LogP contribution in [0.2, 0.25) is 0 Å². The normalized spacial score (nSPS) is 21.2. The fraction of sp³-hybridized carbons (Fsp3) is 0.438. The molecule has 0 aromatic heterocycles. The Morgan fingerprint density at radius 3 is 2.67 bits per heavy atom. The zero-order valence-corrected chi connectivity index (χ0v) is 11.4. The first kappa shape index (κ1) is 12.9. The number of nitrogens with zero attached hydrogens (tertiary/aromatic N) is 1. The molecule has 2 heteroatoms. The summed E-state index contributed by atoms with van der Waals surface area (Å²) < 4.78 is 0. The Morgan fingerprint density at radius 2 is 2.11 bits per heavy atom. The lowest BCUT2D eigenvalue weighted by atomic mass is 10.0. The van der Waals surface area contributed by atoms with Crippen LogP contribution in [0.25, 0.3) is 0 Å². The first-order valence-corrected chi connectivity index (χ1v) is 6.52. The summed E-state index contributed by atoms with van der Waals surface area (Å²) in [6.07, 6.45) is 2.50. The van der Waals surface area contributed by atoms with Crippen LogP contribution in [0.15, 0.2) is 30.9 Å². The maximum absolute atomic E-state index is 12.0. The van der Waals surface area contributed by atoms with E-state index in [1.165, 1.54) is 16.7 Å². The van der Waals surface area contributed by atoms with Gasteiger partial charge in [0.05, 0.1) is 6.04 Å². The molecule has 1 saturated heterocycles. The highest BCUT2D eigenvalue weighted by atomic mass is 16.2. The monoisotopic (exact) mass is 243 g/mol. The second-order valence-electron chi connectivity index (χ2n) is 5.27. The van der Waals surface area contributed by atoms with E-state index in [4.69, 9.17) is 0 Å². The third-order valence-electron chi connectivity index (χ3n) is 4.00. The maximum Gasteiger partial charge on any atom is 0.223 e. The number of hydrogen-bond acceptors (Lipinski definition) is 1. The Morgan fingerprint density at radius 1 is 1.39 bits per heavy atom. The van der Waals surface area contributed by atoms with Crippen LogP contribution in [0.4, 0.5) is 0 Å². The second kappa shape index (κ2) is 4.97. The van der Waals surface area contributed by atoms with Gasteiger partial charge in [-0.25, -0.2) is 0 Å². The predicted octanol–water partition coefficient (Wildman–Crippen LogP) is 3.40. The number of aryl methyl sites for hydroxylation is 2. The number of rotatable bonds is 3. The van der Waals surface area contributed by atoms with Crippen molar-refractivity contribution in [2.75, 3.05) is 6.54 Å². The molecule has 2 rings (SSSR count). The molecule has 1 amide bonds. The van der Waals surface area contributed by atoms with E-state index >= 15 is 0 Å². The second-order valence-corrected chi connectivity index (χ2v) is 5.27. The third-order valence-corrected chi connectivity index (χ3v) is 4.00. The van der Waals surface area contributed by atoms with Crippen LogP contribution in [-0.2, 0) is 4.79 Å². The van der Waals surface area contributed by atoms with Crippen molar-refractivity contribution in [3.8, 4) is 0 Å². The molecular formula is C16H21NO. The molecule has 18 heavy (non-hydrogen) atoms. The quantitative estimate of drug-likeness (QED) is 0.745. The standard InChI is InChI=1S/C16H21NO/c1-5-14-9-16(18)17(10-14)13(4)15-7-6-11(2)12(3)8-15/h5-8,13-14H,1,9-10H2,2-4H3. The molecule has 1 heterocycles. The molecule has 1 fully saturated rings. The molecule has 1 aromatic rings. The van der Waals surface area contributed by atoms with E-state index in [0.717, 1.165) is 6.54 Å². The van der Waals surface area contributed by atoms with Crippen molar-refractivity contribution in [2.45, 2.75) is 33.2 Å². The Labute approximate surface area is 109 Å². The van der Waals surface area contributed by atoms with Crippen LogP contribution in [0.5, 0.6) is 0 Å². The lowest BCUT2D eigenvalue weighted by Gasteiger charge is -2.25. The first-order valence-electron chi connectivity index (χ1n) is 6.52. The Hall–Kier alpha value is -1.57. The molecule has 1 aliphatic rings. The van der Waals surface area contributed by atoms with E-state index in [-0.39, 0.29) is 11.9 Å². The van der Waals surface area contributed by atoms with Crippen LogP contribution in [0.1, 0.15) is 36.1 Å². The smallest absolute Gasteiger partial charge is 0.223 e. The van der Waals surface area contributed by atoms with Crippen molar-refractivity contribution in [3.05, 3.63) is 47.5 Å². The van der Waals surface area contributed by atoms with Gasteiger partial charge in [-0.05, 0) is 37.5 Å². The molecule has 2 unspecified atom stereocenters. The van der Waals surface area contributed by atoms with Crippen molar-refractivity contribution in [3.63, 3.8) is 0 Å². The predicted molar refractivity (Wildman–Crippen MR) is 74.3 cm³/mol. The molecule has 0 spiro atoms. The maximum atomic E-state index is 12.0. The van der Waals surface area contributed by atoms with Gasteiger partial charge in [0, 0.05) is 18.9 Å². The van der Waals surface area contributed by atoms with Gasteiger partial charge in [0.25, 0.3) is 0 Å². The number of likely N-dealkylation sites (tertiary alicyclic amines) is 1. The van der Waals surface area contributed by atoms with Gasteiger partial charge in [0.15, 0.2) is 0 Å². The zero-order valence-electron chi connectivity index (χ0n) is 11.4. The van der Waals surface area contributed by atoms with Gasteiger partial charge in [-0.15, -0.1) is 6.58 Å². The van der Waals surface area contributed by atoms with Crippen molar-refractivity contribution in [2.24, 2.45) is 5.92 Å². The van der Waals surface area contributed by atoms with Crippen LogP contribution < -0.4 is 0 Å². The van der Waals surface area contributed by atoms with Gasteiger partial charge in [0.1, 0.15) is 0 Å². The Kier molecular flexibility index (Phi) is 3.55. The molecule has 0 N–H and O–H groups in total. The van der Waals surface area contributed by atoms with Crippen LogP contribution in [0.3, 0.4) is 0 Å². The molecule has 2 atom stereocenters. The van der Waals surface area contributed by atoms with E-state index in [1.54, 1.807) is 0 Å². The van der Waals surface area contributed by atoms with Crippen LogP contribution in [-0.4, -0.2) is 17.4 Å². The lowest BCUT2D eigenvalue weighted by Crippen LogP contribution is -2.28. The molecule has 96 valence electrons. The molecule has 1 aromatic carbocycles. The summed E-state index contributed by atoms with van der Waals surface area (Å²) in [5.41, 5.74) is 3.80. The fourth-order valence-corrected chi connectivity index (χ4v) is 2.50. The summed E-state index contributed by atoms with van der Waals surface area (Å²) in [4.78, 5) is 14.0. The highest BCUT2D eigenvalue weighted by Gasteiger charge is 2.31. The SMILES string of the molecule is C=CC1CC(=O)N(C(C)c2ccc(C)c(C)c2)C1. The Balaban J connectivity index is 2.20. The number of carbonyl (C=O) groups excluding carboxylic acids is 1. The first-order chi connectivity index (χ1) is 8.52. The van der Waals surface area contributed by atoms with Gasteiger partial charge in [-0.1, -0.05) is 24.3 Å². The van der Waals surface area contributed by atoms with Crippen molar-refractivity contribution < 1.29 is 4.79 Å². The lowest BCUT2D eigenvalue weighted by molar-refractivity contribution is -0.129. The van der Waals surface area contributed by atoms with E-state index in [2.05, 4.69) is 45.5 Å². The molecule has 0 radical (unpaired) electrons. The molecule has 0 saturated carbocycles. The number of benzene rings is 1. The van der Waals surface area contributed by atoms with Crippen molar-refractivity contribution in [1.29, 1.82) is 0 Å². The Bertz CT molecular complexity index is 478. The highest BCUT2D eigenvalue weighted by Crippen LogP contribution is 2.29. The average molecular weight is 243 g/mol. The minimum absolute atomic E-state index is 0.154. The summed E-state index contributed by atoms with van der Waals surface area (Å²) in [6, 6.07) is 6.60.